The molecule has 0 N–H and O–H groups in total. The van der Waals surface area contributed by atoms with E-state index in [2.05, 4.69) is 9.88 Å². The van der Waals surface area contributed by atoms with Gasteiger partial charge in [-0.3, -0.25) is 9.88 Å². The van der Waals surface area contributed by atoms with Gasteiger partial charge in [-0.15, -0.1) is 0 Å². The van der Waals surface area contributed by atoms with Crippen molar-refractivity contribution in [1.82, 2.24) is 9.88 Å². The molecule has 2 atom stereocenters. The van der Waals surface area contributed by atoms with Gasteiger partial charge in [0, 0.05) is 32.4 Å². The number of aromatic nitrogens is 1. The fraction of sp³-hybridized carbons (Fsp3) is 0.368. The Morgan fingerprint density at radius 2 is 2.28 bits per heavy atom. The summed E-state index contributed by atoms with van der Waals surface area (Å²) in [5.74, 6) is 0.249. The van der Waals surface area contributed by atoms with Crippen molar-refractivity contribution in [2.75, 3.05) is 20.3 Å². The maximum absolute atomic E-state index is 13.8. The molecule has 1 aliphatic rings. The van der Waals surface area contributed by atoms with Crippen LogP contribution in [0.15, 0.2) is 42.7 Å². The van der Waals surface area contributed by atoms with Gasteiger partial charge in [0.1, 0.15) is 24.2 Å². The lowest BCUT2D eigenvalue weighted by Gasteiger charge is -2.24. The SMILES string of the molecule is CO[C@@H]1C[C@@H](COc2cccnc2)N(Cc2ccc(C#N)c(F)c2)C1. The highest BCUT2D eigenvalue weighted by Crippen LogP contribution is 2.24. The average Bonchev–Trinajstić information content (AvgIpc) is 3.03. The van der Waals surface area contributed by atoms with Crippen molar-refractivity contribution in [1.29, 1.82) is 5.26 Å². The highest BCUT2D eigenvalue weighted by atomic mass is 19.1. The van der Waals surface area contributed by atoms with Crippen LogP contribution in [0.1, 0.15) is 17.5 Å². The number of ether oxygens (including phenoxy) is 2. The van der Waals surface area contributed by atoms with Crippen LogP contribution in [0.25, 0.3) is 0 Å². The number of benzene rings is 1. The van der Waals surface area contributed by atoms with Crippen molar-refractivity contribution < 1.29 is 13.9 Å². The zero-order chi connectivity index (χ0) is 17.6. The van der Waals surface area contributed by atoms with Gasteiger partial charge in [0.15, 0.2) is 0 Å². The number of methoxy groups -OCH3 is 1. The Kier molecular flexibility index (Phi) is 5.59. The highest BCUT2D eigenvalue weighted by Gasteiger charge is 2.32. The summed E-state index contributed by atoms with van der Waals surface area (Å²) >= 11 is 0. The van der Waals surface area contributed by atoms with Gasteiger partial charge in [0.2, 0.25) is 0 Å². The topological polar surface area (TPSA) is 58.4 Å². The minimum absolute atomic E-state index is 0.0661. The Morgan fingerprint density at radius 1 is 1.40 bits per heavy atom. The van der Waals surface area contributed by atoms with Gasteiger partial charge in [0.05, 0.1) is 17.9 Å². The quantitative estimate of drug-likeness (QED) is 0.809. The Bertz CT molecular complexity index is 748. The van der Waals surface area contributed by atoms with Gasteiger partial charge in [-0.1, -0.05) is 6.07 Å². The van der Waals surface area contributed by atoms with Gasteiger partial charge < -0.3 is 9.47 Å². The van der Waals surface area contributed by atoms with Crippen molar-refractivity contribution in [2.45, 2.75) is 25.1 Å². The fourth-order valence-corrected chi connectivity index (χ4v) is 3.08. The molecule has 0 unspecified atom stereocenters. The van der Waals surface area contributed by atoms with Crippen LogP contribution in [-0.2, 0) is 11.3 Å². The molecule has 0 spiro atoms. The normalized spacial score (nSPS) is 20.4. The lowest BCUT2D eigenvalue weighted by atomic mass is 10.1. The molecule has 5 nitrogen and oxygen atoms in total. The second-order valence-corrected chi connectivity index (χ2v) is 6.10. The maximum Gasteiger partial charge on any atom is 0.141 e. The van der Waals surface area contributed by atoms with Gasteiger partial charge in [-0.05, 0) is 36.2 Å². The highest BCUT2D eigenvalue weighted by molar-refractivity contribution is 5.33. The Labute approximate surface area is 146 Å². The zero-order valence-electron chi connectivity index (χ0n) is 14.1. The Morgan fingerprint density at radius 3 is 2.96 bits per heavy atom. The molecule has 2 heterocycles. The number of nitriles is 1. The third-order valence-corrected chi connectivity index (χ3v) is 4.44. The van der Waals surface area contributed by atoms with E-state index in [4.69, 9.17) is 14.7 Å². The summed E-state index contributed by atoms with van der Waals surface area (Å²) in [6, 6.07) is 10.5. The first-order valence-electron chi connectivity index (χ1n) is 8.17. The van der Waals surface area contributed by atoms with Crippen molar-refractivity contribution in [2.24, 2.45) is 0 Å². The van der Waals surface area contributed by atoms with Crippen LogP contribution in [0.2, 0.25) is 0 Å². The summed E-state index contributed by atoms with van der Waals surface area (Å²) in [4.78, 5) is 6.27. The van der Waals surface area contributed by atoms with Gasteiger partial charge in [-0.2, -0.15) is 5.26 Å². The lowest BCUT2D eigenvalue weighted by molar-refractivity contribution is 0.107. The van der Waals surface area contributed by atoms with Crippen LogP contribution >= 0.6 is 0 Å². The van der Waals surface area contributed by atoms with E-state index in [1.54, 1.807) is 25.6 Å². The van der Waals surface area contributed by atoms with E-state index in [1.165, 1.54) is 12.1 Å². The average molecular weight is 341 g/mol. The molecule has 0 bridgehead atoms. The van der Waals surface area contributed by atoms with Crippen LogP contribution in [0, 0.1) is 17.1 Å². The molecule has 1 fully saturated rings. The second-order valence-electron chi connectivity index (χ2n) is 6.10. The molecule has 1 aliphatic heterocycles. The zero-order valence-corrected chi connectivity index (χ0v) is 14.1. The monoisotopic (exact) mass is 341 g/mol. The number of hydrogen-bond acceptors (Lipinski definition) is 5. The van der Waals surface area contributed by atoms with E-state index < -0.39 is 5.82 Å². The van der Waals surface area contributed by atoms with Crippen LogP contribution in [-0.4, -0.2) is 42.3 Å². The molecule has 3 rings (SSSR count). The third-order valence-electron chi connectivity index (χ3n) is 4.44. The molecule has 0 amide bonds. The second kappa shape index (κ2) is 8.06. The summed E-state index contributed by atoms with van der Waals surface area (Å²) in [6.45, 7) is 1.87. The maximum atomic E-state index is 13.8. The molecular formula is C19H20FN3O2. The summed E-state index contributed by atoms with van der Waals surface area (Å²) in [5, 5.41) is 8.84. The van der Waals surface area contributed by atoms with E-state index in [0.29, 0.717) is 13.2 Å². The molecule has 1 saturated heterocycles. The molecule has 0 saturated carbocycles. The number of pyridine rings is 1. The number of rotatable bonds is 6. The van der Waals surface area contributed by atoms with E-state index in [1.807, 2.05) is 18.2 Å². The van der Waals surface area contributed by atoms with Gasteiger partial charge in [-0.25, -0.2) is 4.39 Å². The van der Waals surface area contributed by atoms with Crippen molar-refractivity contribution >= 4 is 0 Å². The first-order chi connectivity index (χ1) is 12.2. The third kappa shape index (κ3) is 4.32. The van der Waals surface area contributed by atoms with Crippen LogP contribution in [0.5, 0.6) is 5.75 Å². The van der Waals surface area contributed by atoms with Crippen molar-refractivity contribution in [3.8, 4) is 11.8 Å². The summed E-state index contributed by atoms with van der Waals surface area (Å²) in [7, 11) is 1.70. The number of hydrogen-bond donors (Lipinski definition) is 0. The minimum atomic E-state index is -0.481. The van der Waals surface area contributed by atoms with Crippen LogP contribution < -0.4 is 4.74 Å². The van der Waals surface area contributed by atoms with Crippen LogP contribution in [0.3, 0.4) is 0 Å². The van der Waals surface area contributed by atoms with Crippen molar-refractivity contribution in [3.63, 3.8) is 0 Å². The summed E-state index contributed by atoms with van der Waals surface area (Å²) in [5.41, 5.74) is 0.899. The lowest BCUT2D eigenvalue weighted by Crippen LogP contribution is -2.34. The Balaban J connectivity index is 1.67. The minimum Gasteiger partial charge on any atom is -0.490 e. The molecule has 1 aromatic heterocycles. The van der Waals surface area contributed by atoms with E-state index in [0.717, 1.165) is 24.3 Å². The van der Waals surface area contributed by atoms with E-state index >= 15 is 0 Å². The number of likely N-dealkylation sites (tertiary alicyclic amines) is 1. The summed E-state index contributed by atoms with van der Waals surface area (Å²) in [6.07, 6.45) is 4.37. The number of halogens is 1. The van der Waals surface area contributed by atoms with Gasteiger partial charge >= 0.3 is 0 Å². The predicted octanol–water partition coefficient (Wildman–Crippen LogP) is 2.76. The van der Waals surface area contributed by atoms with E-state index in [9.17, 15) is 4.39 Å². The van der Waals surface area contributed by atoms with Crippen molar-refractivity contribution in [3.05, 3.63) is 59.7 Å². The summed E-state index contributed by atoms with van der Waals surface area (Å²) < 4.78 is 25.2. The molecule has 2 aromatic rings. The first kappa shape index (κ1) is 17.3. The molecule has 130 valence electrons. The standard InChI is InChI=1S/C19H20FN3O2/c1-24-18-8-16(13-25-17-3-2-6-22-10-17)23(12-18)11-14-4-5-15(9-21)19(20)7-14/h2-7,10,16,18H,8,11-13H2,1H3/t16-,18+/m0/s1. The number of nitrogens with zero attached hydrogens (tertiary/aromatic N) is 3. The van der Waals surface area contributed by atoms with Crippen LogP contribution in [0.4, 0.5) is 4.39 Å². The largest absolute Gasteiger partial charge is 0.490 e. The molecule has 0 aliphatic carbocycles. The Hall–Kier alpha value is -2.49. The first-order valence-corrected chi connectivity index (χ1v) is 8.17. The molecule has 6 heteroatoms. The molecular weight excluding hydrogens is 321 g/mol. The molecule has 25 heavy (non-hydrogen) atoms. The predicted molar refractivity (Wildman–Crippen MR) is 90.5 cm³/mol. The van der Waals surface area contributed by atoms with Gasteiger partial charge in [0.25, 0.3) is 0 Å². The smallest absolute Gasteiger partial charge is 0.141 e. The molecule has 1 aromatic carbocycles. The fourth-order valence-electron chi connectivity index (χ4n) is 3.08. The molecule has 0 radical (unpaired) electrons. The van der Waals surface area contributed by atoms with E-state index in [-0.39, 0.29) is 17.7 Å².